The van der Waals surface area contributed by atoms with Gasteiger partial charge in [0.25, 0.3) is 5.91 Å². The molecule has 2 heterocycles. The third-order valence-electron chi connectivity index (χ3n) is 6.60. The lowest BCUT2D eigenvalue weighted by atomic mass is 9.97. The predicted molar refractivity (Wildman–Crippen MR) is 133 cm³/mol. The van der Waals surface area contributed by atoms with Crippen LogP contribution in [-0.2, 0) is 14.3 Å². The van der Waals surface area contributed by atoms with Gasteiger partial charge in [0.1, 0.15) is 17.5 Å². The zero-order chi connectivity index (χ0) is 24.8. The number of carbonyl (C=O) groups is 2. The minimum atomic E-state index is -0.396. The predicted octanol–water partition coefficient (Wildman–Crippen LogP) is 3.80. The number of piperidine rings is 1. The van der Waals surface area contributed by atoms with E-state index < -0.39 is 6.04 Å². The van der Waals surface area contributed by atoms with Crippen molar-refractivity contribution in [3.63, 3.8) is 0 Å². The molecule has 0 unspecified atom stereocenters. The Morgan fingerprint density at radius 3 is 2.51 bits per heavy atom. The van der Waals surface area contributed by atoms with Gasteiger partial charge in [-0.1, -0.05) is 30.7 Å². The Morgan fingerprint density at radius 1 is 1.03 bits per heavy atom. The molecule has 2 aromatic rings. The molecule has 35 heavy (non-hydrogen) atoms. The molecule has 0 bridgehead atoms. The molecule has 0 spiro atoms. The molecule has 8 heteroatoms. The lowest BCUT2D eigenvalue weighted by molar-refractivity contribution is -0.152. The number of hydrogen-bond donors (Lipinski definition) is 0. The van der Waals surface area contributed by atoms with Gasteiger partial charge in [0.15, 0.2) is 0 Å². The summed E-state index contributed by atoms with van der Waals surface area (Å²) in [5.41, 5.74) is 2.62. The Bertz CT molecular complexity index is 1070. The molecular weight excluding hydrogens is 446 g/mol. The maximum atomic E-state index is 13.6. The Morgan fingerprint density at radius 2 is 1.80 bits per heavy atom. The molecule has 2 aliphatic heterocycles. The van der Waals surface area contributed by atoms with Gasteiger partial charge in [0.2, 0.25) is 0 Å². The van der Waals surface area contributed by atoms with Crippen LogP contribution in [-0.4, -0.2) is 67.5 Å². The molecule has 4 rings (SSSR count). The number of hydrazone groups is 1. The van der Waals surface area contributed by atoms with Gasteiger partial charge in [-0.05, 0) is 56.1 Å². The first-order chi connectivity index (χ1) is 17.0. The summed E-state index contributed by atoms with van der Waals surface area (Å²) in [7, 11) is 3.26. The lowest BCUT2D eigenvalue weighted by Crippen LogP contribution is -2.49. The fraction of sp³-hybridized carbons (Fsp3) is 0.444. The summed E-state index contributed by atoms with van der Waals surface area (Å²) in [6.07, 6.45) is 3.15. The third kappa shape index (κ3) is 5.48. The minimum absolute atomic E-state index is 0.110. The van der Waals surface area contributed by atoms with Gasteiger partial charge < -0.3 is 14.2 Å². The van der Waals surface area contributed by atoms with Crippen molar-refractivity contribution >= 4 is 17.6 Å². The normalized spacial score (nSPS) is 20.3. The Hall–Kier alpha value is -3.39. The van der Waals surface area contributed by atoms with Crippen molar-refractivity contribution in [3.8, 4) is 11.5 Å². The molecule has 2 atom stereocenters. The standard InChI is InChI=1S/C27H33N3O5/c1-4-35-27(32)23-10-7-8-16-29(23)18-26(31)30-24(19-12-14-20(33-2)15-13-19)17-22(28-30)21-9-5-6-11-25(21)34-3/h5-6,9,11-15,23-24H,4,7-8,10,16-18H2,1-3H3/t23-,24+/m0/s1. The Kier molecular flexibility index (Phi) is 8.02. The molecule has 1 amide bonds. The van der Waals surface area contributed by atoms with E-state index in [2.05, 4.69) is 0 Å². The van der Waals surface area contributed by atoms with Crippen LogP contribution >= 0.6 is 0 Å². The van der Waals surface area contributed by atoms with Crippen molar-refractivity contribution in [1.82, 2.24) is 9.91 Å². The van der Waals surface area contributed by atoms with Crippen LogP contribution in [0.4, 0.5) is 0 Å². The van der Waals surface area contributed by atoms with Crippen LogP contribution < -0.4 is 9.47 Å². The number of methoxy groups -OCH3 is 2. The fourth-order valence-electron chi connectivity index (χ4n) is 4.80. The summed E-state index contributed by atoms with van der Waals surface area (Å²) in [5, 5.41) is 6.36. The molecule has 1 fully saturated rings. The van der Waals surface area contributed by atoms with Crippen molar-refractivity contribution in [2.75, 3.05) is 33.9 Å². The molecule has 0 saturated carbocycles. The van der Waals surface area contributed by atoms with E-state index in [1.807, 2.05) is 53.4 Å². The van der Waals surface area contributed by atoms with Gasteiger partial charge in [0, 0.05) is 12.0 Å². The summed E-state index contributed by atoms with van der Waals surface area (Å²) < 4.78 is 16.1. The quantitative estimate of drug-likeness (QED) is 0.536. The van der Waals surface area contributed by atoms with Crippen molar-refractivity contribution in [3.05, 3.63) is 59.7 Å². The highest BCUT2D eigenvalue weighted by Crippen LogP contribution is 2.36. The number of nitrogens with zero attached hydrogens (tertiary/aromatic N) is 3. The molecule has 186 valence electrons. The number of ether oxygens (including phenoxy) is 3. The Labute approximate surface area is 206 Å². The van der Waals surface area contributed by atoms with Gasteiger partial charge in [-0.25, -0.2) is 5.01 Å². The van der Waals surface area contributed by atoms with Gasteiger partial charge in [0.05, 0.1) is 39.1 Å². The number of benzene rings is 2. The summed E-state index contributed by atoms with van der Waals surface area (Å²) in [4.78, 5) is 28.1. The van der Waals surface area contributed by atoms with Crippen LogP contribution in [0.25, 0.3) is 0 Å². The van der Waals surface area contributed by atoms with Crippen molar-refractivity contribution in [2.24, 2.45) is 5.10 Å². The molecule has 2 aliphatic rings. The molecule has 8 nitrogen and oxygen atoms in total. The van der Waals surface area contributed by atoms with E-state index in [4.69, 9.17) is 19.3 Å². The number of esters is 1. The van der Waals surface area contributed by atoms with Crippen molar-refractivity contribution in [1.29, 1.82) is 0 Å². The second-order valence-corrected chi connectivity index (χ2v) is 8.71. The first-order valence-corrected chi connectivity index (χ1v) is 12.1. The maximum Gasteiger partial charge on any atom is 0.323 e. The van der Waals surface area contributed by atoms with E-state index in [9.17, 15) is 9.59 Å². The van der Waals surface area contributed by atoms with E-state index in [1.165, 1.54) is 0 Å². The third-order valence-corrected chi connectivity index (χ3v) is 6.60. The molecule has 0 N–H and O–H groups in total. The number of carbonyl (C=O) groups excluding carboxylic acids is 2. The minimum Gasteiger partial charge on any atom is -0.497 e. The van der Waals surface area contributed by atoms with E-state index in [-0.39, 0.29) is 24.5 Å². The first-order valence-electron chi connectivity index (χ1n) is 12.1. The SMILES string of the molecule is CCOC(=O)[C@@H]1CCCCN1CC(=O)N1N=C(c2ccccc2OC)C[C@@H]1c1ccc(OC)cc1. The average Bonchev–Trinajstić information content (AvgIpc) is 3.34. The van der Waals surface area contributed by atoms with E-state index in [0.717, 1.165) is 35.4 Å². The summed E-state index contributed by atoms with van der Waals surface area (Å²) in [6.45, 7) is 2.92. The molecule has 2 aromatic carbocycles. The zero-order valence-electron chi connectivity index (χ0n) is 20.6. The first kappa shape index (κ1) is 24.7. The zero-order valence-corrected chi connectivity index (χ0v) is 20.6. The van der Waals surface area contributed by atoms with E-state index >= 15 is 0 Å². The van der Waals surface area contributed by atoms with Crippen LogP contribution in [0.1, 0.15) is 49.8 Å². The topological polar surface area (TPSA) is 80.7 Å². The monoisotopic (exact) mass is 479 g/mol. The van der Waals surface area contributed by atoms with Crippen LogP contribution in [0.3, 0.4) is 0 Å². The summed E-state index contributed by atoms with van der Waals surface area (Å²) in [6, 6.07) is 14.7. The van der Waals surface area contributed by atoms with Crippen LogP contribution in [0.2, 0.25) is 0 Å². The van der Waals surface area contributed by atoms with Crippen LogP contribution in [0.5, 0.6) is 11.5 Å². The summed E-state index contributed by atoms with van der Waals surface area (Å²) >= 11 is 0. The maximum absolute atomic E-state index is 13.6. The largest absolute Gasteiger partial charge is 0.497 e. The van der Waals surface area contributed by atoms with Gasteiger partial charge in [-0.2, -0.15) is 5.10 Å². The van der Waals surface area contributed by atoms with E-state index in [1.54, 1.807) is 26.2 Å². The highest BCUT2D eigenvalue weighted by molar-refractivity contribution is 6.05. The van der Waals surface area contributed by atoms with Crippen LogP contribution in [0, 0.1) is 0 Å². The number of amides is 1. The molecule has 0 aromatic heterocycles. The smallest absolute Gasteiger partial charge is 0.323 e. The molecule has 0 aliphatic carbocycles. The Balaban J connectivity index is 1.62. The van der Waals surface area contributed by atoms with Crippen molar-refractivity contribution < 1.29 is 23.8 Å². The molecule has 0 radical (unpaired) electrons. The summed E-state index contributed by atoms with van der Waals surface area (Å²) in [5.74, 6) is 1.06. The number of hydrogen-bond acceptors (Lipinski definition) is 7. The number of likely N-dealkylation sites (tertiary alicyclic amines) is 1. The number of para-hydroxylation sites is 1. The van der Waals surface area contributed by atoms with Gasteiger partial charge >= 0.3 is 5.97 Å². The highest BCUT2D eigenvalue weighted by atomic mass is 16.5. The highest BCUT2D eigenvalue weighted by Gasteiger charge is 2.37. The second-order valence-electron chi connectivity index (χ2n) is 8.71. The van der Waals surface area contributed by atoms with Crippen molar-refractivity contribution in [2.45, 2.75) is 44.7 Å². The second kappa shape index (κ2) is 11.4. The van der Waals surface area contributed by atoms with Gasteiger partial charge in [-0.3, -0.25) is 14.5 Å². The number of rotatable bonds is 8. The van der Waals surface area contributed by atoms with E-state index in [0.29, 0.717) is 31.7 Å². The van der Waals surface area contributed by atoms with Gasteiger partial charge in [-0.15, -0.1) is 0 Å². The fourth-order valence-corrected chi connectivity index (χ4v) is 4.80. The molecule has 1 saturated heterocycles. The average molecular weight is 480 g/mol. The van der Waals surface area contributed by atoms with Crippen LogP contribution in [0.15, 0.2) is 53.6 Å². The molecular formula is C27H33N3O5. The lowest BCUT2D eigenvalue weighted by Gasteiger charge is -2.34.